The van der Waals surface area contributed by atoms with Crippen LogP contribution in [0.5, 0.6) is 0 Å². The monoisotopic (exact) mass is 331 g/mol. The molecule has 7 heteroatoms. The molecule has 0 bridgehead atoms. The molecule has 1 aromatic rings. The van der Waals surface area contributed by atoms with Crippen LogP contribution in [-0.4, -0.2) is 33.6 Å². The van der Waals surface area contributed by atoms with E-state index in [1.165, 1.54) is 0 Å². The Kier molecular flexibility index (Phi) is 4.34. The van der Waals surface area contributed by atoms with Gasteiger partial charge in [-0.15, -0.1) is 0 Å². The van der Waals surface area contributed by atoms with E-state index < -0.39 is 0 Å². The van der Waals surface area contributed by atoms with Gasteiger partial charge in [0.05, 0.1) is 4.47 Å². The predicted octanol–water partition coefficient (Wildman–Crippen LogP) is 2.25. The summed E-state index contributed by atoms with van der Waals surface area (Å²) >= 11 is 5.52. The van der Waals surface area contributed by atoms with Crippen molar-refractivity contribution in [2.45, 2.75) is 25.0 Å². The van der Waals surface area contributed by atoms with Gasteiger partial charge in [-0.05, 0) is 22.4 Å². The van der Waals surface area contributed by atoms with Crippen molar-refractivity contribution in [1.29, 1.82) is 0 Å². The van der Waals surface area contributed by atoms with Gasteiger partial charge in [0.15, 0.2) is 0 Å². The first-order valence-electron chi connectivity index (χ1n) is 5.90. The van der Waals surface area contributed by atoms with E-state index in [0.717, 1.165) is 35.6 Å². The zero-order chi connectivity index (χ0) is 13.2. The molecule has 1 aliphatic rings. The molecule has 0 aromatic carbocycles. The van der Waals surface area contributed by atoms with Crippen LogP contribution in [0.1, 0.15) is 20.3 Å². The zero-order valence-electron chi connectivity index (χ0n) is 10.6. The molecule has 1 fully saturated rings. The number of rotatable bonds is 2. The molecule has 2 rings (SSSR count). The lowest BCUT2D eigenvalue weighted by atomic mass is 10.1. The van der Waals surface area contributed by atoms with Crippen molar-refractivity contribution < 1.29 is 0 Å². The van der Waals surface area contributed by atoms with Crippen molar-refractivity contribution in [2.24, 2.45) is 5.84 Å². The summed E-state index contributed by atoms with van der Waals surface area (Å²) in [7, 11) is 0. The predicted molar refractivity (Wildman–Crippen MR) is 80.9 cm³/mol. The third-order valence-corrected chi connectivity index (χ3v) is 4.92. The van der Waals surface area contributed by atoms with Gasteiger partial charge in [-0.3, -0.25) is 5.43 Å². The standard InChI is InChI=1S/C11H18BrN5S/c1-11(2)3-4-17(5-6-18-11)9-8(12)7-14-10(15-9)16-13/h7H,3-6,13H2,1-2H3,(H,14,15,16). The summed E-state index contributed by atoms with van der Waals surface area (Å²) in [5, 5.41) is 0. The molecular weight excluding hydrogens is 314 g/mol. The number of hydrogen-bond acceptors (Lipinski definition) is 6. The first kappa shape index (κ1) is 13.9. The third kappa shape index (κ3) is 3.27. The van der Waals surface area contributed by atoms with Crippen LogP contribution in [-0.2, 0) is 0 Å². The minimum absolute atomic E-state index is 0.337. The lowest BCUT2D eigenvalue weighted by Crippen LogP contribution is -2.28. The van der Waals surface area contributed by atoms with Crippen molar-refractivity contribution in [2.75, 3.05) is 29.2 Å². The quantitative estimate of drug-likeness (QED) is 0.640. The van der Waals surface area contributed by atoms with Crippen molar-refractivity contribution in [1.82, 2.24) is 9.97 Å². The smallest absolute Gasteiger partial charge is 0.239 e. The van der Waals surface area contributed by atoms with Crippen LogP contribution in [0.2, 0.25) is 0 Å². The topological polar surface area (TPSA) is 67.1 Å². The highest BCUT2D eigenvalue weighted by Gasteiger charge is 2.25. The molecule has 3 N–H and O–H groups in total. The fourth-order valence-corrected chi connectivity index (χ4v) is 3.42. The van der Waals surface area contributed by atoms with Gasteiger partial charge in [-0.25, -0.2) is 10.8 Å². The number of hydrazine groups is 1. The molecule has 0 radical (unpaired) electrons. The van der Waals surface area contributed by atoms with Crippen molar-refractivity contribution in [3.63, 3.8) is 0 Å². The van der Waals surface area contributed by atoms with Gasteiger partial charge in [0.25, 0.3) is 0 Å². The maximum atomic E-state index is 5.36. The Morgan fingerprint density at radius 2 is 2.28 bits per heavy atom. The summed E-state index contributed by atoms with van der Waals surface area (Å²) in [6.07, 6.45) is 2.88. The summed E-state index contributed by atoms with van der Waals surface area (Å²) < 4.78 is 1.25. The van der Waals surface area contributed by atoms with Crippen molar-refractivity contribution >= 4 is 39.5 Å². The average Bonchev–Trinajstić information content (AvgIpc) is 2.51. The molecule has 100 valence electrons. The minimum atomic E-state index is 0.337. The van der Waals surface area contributed by atoms with Crippen LogP contribution in [0.4, 0.5) is 11.8 Å². The Morgan fingerprint density at radius 3 is 3.00 bits per heavy atom. The number of nitrogens with two attached hydrogens (primary N) is 1. The van der Waals surface area contributed by atoms with Crippen molar-refractivity contribution in [3.8, 4) is 0 Å². The molecule has 0 atom stereocenters. The summed E-state index contributed by atoms with van der Waals surface area (Å²) in [5.74, 6) is 7.83. The summed E-state index contributed by atoms with van der Waals surface area (Å²) in [5.41, 5.74) is 2.49. The van der Waals surface area contributed by atoms with E-state index in [1.54, 1.807) is 6.20 Å². The van der Waals surface area contributed by atoms with Gasteiger partial charge in [-0.1, -0.05) is 13.8 Å². The van der Waals surface area contributed by atoms with E-state index in [2.05, 4.69) is 50.1 Å². The first-order chi connectivity index (χ1) is 8.52. The number of thioether (sulfide) groups is 1. The summed E-state index contributed by atoms with van der Waals surface area (Å²) in [4.78, 5) is 10.8. The van der Waals surface area contributed by atoms with Crippen LogP contribution >= 0.6 is 27.7 Å². The maximum Gasteiger partial charge on any atom is 0.239 e. The zero-order valence-corrected chi connectivity index (χ0v) is 13.0. The number of nitrogens with zero attached hydrogens (tertiary/aromatic N) is 3. The number of nitrogen functional groups attached to an aromatic ring is 1. The molecule has 2 heterocycles. The van der Waals surface area contributed by atoms with Gasteiger partial charge in [0, 0.05) is 29.8 Å². The van der Waals surface area contributed by atoms with Gasteiger partial charge in [0.2, 0.25) is 5.95 Å². The number of halogens is 1. The number of hydrogen-bond donors (Lipinski definition) is 2. The molecule has 1 aromatic heterocycles. The second-order valence-electron chi connectivity index (χ2n) is 4.85. The fraction of sp³-hybridized carbons (Fsp3) is 0.636. The van der Waals surface area contributed by atoms with Crippen LogP contribution in [0.25, 0.3) is 0 Å². The highest BCUT2D eigenvalue weighted by atomic mass is 79.9. The van der Waals surface area contributed by atoms with E-state index in [9.17, 15) is 0 Å². The third-order valence-electron chi connectivity index (χ3n) is 2.99. The van der Waals surface area contributed by atoms with Gasteiger partial charge >= 0.3 is 0 Å². The van der Waals surface area contributed by atoms with E-state index >= 15 is 0 Å². The van der Waals surface area contributed by atoms with Crippen LogP contribution in [0.15, 0.2) is 10.7 Å². The molecule has 5 nitrogen and oxygen atoms in total. The second-order valence-corrected chi connectivity index (χ2v) is 7.51. The SMILES string of the molecule is CC1(C)CCN(c2nc(NN)ncc2Br)CCS1. The lowest BCUT2D eigenvalue weighted by Gasteiger charge is -2.24. The van der Waals surface area contributed by atoms with E-state index in [-0.39, 0.29) is 0 Å². The molecule has 0 unspecified atom stereocenters. The van der Waals surface area contributed by atoms with Crippen LogP contribution in [0, 0.1) is 0 Å². The number of aromatic nitrogens is 2. The highest BCUT2D eigenvalue weighted by Crippen LogP contribution is 2.33. The van der Waals surface area contributed by atoms with E-state index in [1.807, 2.05) is 11.8 Å². The first-order valence-corrected chi connectivity index (χ1v) is 7.68. The molecule has 0 aliphatic carbocycles. The highest BCUT2D eigenvalue weighted by molar-refractivity contribution is 9.10. The molecule has 18 heavy (non-hydrogen) atoms. The Bertz CT molecular complexity index is 426. The average molecular weight is 332 g/mol. The largest absolute Gasteiger partial charge is 0.355 e. The number of nitrogens with one attached hydrogen (secondary N) is 1. The Hall–Kier alpha value is -0.530. The molecule has 0 spiro atoms. The van der Waals surface area contributed by atoms with Gasteiger partial charge in [0.1, 0.15) is 5.82 Å². The second kappa shape index (κ2) is 5.63. The van der Waals surface area contributed by atoms with E-state index in [4.69, 9.17) is 5.84 Å². The number of anilines is 2. The minimum Gasteiger partial charge on any atom is -0.355 e. The Balaban J connectivity index is 2.20. The normalized spacial score (nSPS) is 19.4. The van der Waals surface area contributed by atoms with Gasteiger partial charge < -0.3 is 4.90 Å². The Morgan fingerprint density at radius 1 is 1.50 bits per heavy atom. The Labute approximate surface area is 120 Å². The lowest BCUT2D eigenvalue weighted by molar-refractivity contribution is 0.634. The molecule has 1 saturated heterocycles. The molecular formula is C11H18BrN5S. The fourth-order valence-electron chi connectivity index (χ4n) is 1.88. The molecule has 0 amide bonds. The van der Waals surface area contributed by atoms with Crippen molar-refractivity contribution in [3.05, 3.63) is 10.7 Å². The molecule has 0 saturated carbocycles. The van der Waals surface area contributed by atoms with Crippen LogP contribution < -0.4 is 16.2 Å². The summed E-state index contributed by atoms with van der Waals surface area (Å²) in [6.45, 7) is 6.58. The maximum absolute atomic E-state index is 5.36. The van der Waals surface area contributed by atoms with Crippen LogP contribution in [0.3, 0.4) is 0 Å². The molecule has 1 aliphatic heterocycles. The van der Waals surface area contributed by atoms with E-state index in [0.29, 0.717) is 10.7 Å². The van der Waals surface area contributed by atoms with Gasteiger partial charge in [-0.2, -0.15) is 16.7 Å². The summed E-state index contributed by atoms with van der Waals surface area (Å²) in [6, 6.07) is 0.